The molecular formula is C16H20FNO. The molecule has 0 atom stereocenters. The second kappa shape index (κ2) is 6.50. The Hall–Kier alpha value is -1.64. The first-order valence-corrected chi connectivity index (χ1v) is 6.90. The SMILES string of the molecule is C/C(=C\c1ccccc1F)C(=O)N1CCCCCC1. The van der Waals surface area contributed by atoms with Crippen LogP contribution in [0.25, 0.3) is 6.08 Å². The molecule has 1 aliphatic heterocycles. The maximum Gasteiger partial charge on any atom is 0.249 e. The molecule has 1 aromatic carbocycles. The van der Waals surface area contributed by atoms with Gasteiger partial charge in [-0.05, 0) is 31.9 Å². The topological polar surface area (TPSA) is 20.3 Å². The van der Waals surface area contributed by atoms with Crippen molar-refractivity contribution in [2.75, 3.05) is 13.1 Å². The van der Waals surface area contributed by atoms with Gasteiger partial charge in [0.2, 0.25) is 5.91 Å². The van der Waals surface area contributed by atoms with Gasteiger partial charge in [0.15, 0.2) is 0 Å². The Labute approximate surface area is 113 Å². The fraction of sp³-hybridized carbons (Fsp3) is 0.438. The van der Waals surface area contributed by atoms with E-state index in [-0.39, 0.29) is 11.7 Å². The predicted octanol–water partition coefficient (Wildman–Crippen LogP) is 3.63. The summed E-state index contributed by atoms with van der Waals surface area (Å²) in [6, 6.07) is 6.53. The van der Waals surface area contributed by atoms with Crippen molar-refractivity contribution in [3.8, 4) is 0 Å². The third-order valence-electron chi connectivity index (χ3n) is 3.51. The van der Waals surface area contributed by atoms with Crippen molar-refractivity contribution >= 4 is 12.0 Å². The lowest BCUT2D eigenvalue weighted by Crippen LogP contribution is -2.32. The number of amides is 1. The van der Waals surface area contributed by atoms with E-state index in [1.54, 1.807) is 31.2 Å². The van der Waals surface area contributed by atoms with E-state index in [9.17, 15) is 9.18 Å². The van der Waals surface area contributed by atoms with Gasteiger partial charge in [-0.1, -0.05) is 31.0 Å². The minimum absolute atomic E-state index is 0.0325. The summed E-state index contributed by atoms with van der Waals surface area (Å²) < 4.78 is 13.6. The summed E-state index contributed by atoms with van der Waals surface area (Å²) in [6.07, 6.45) is 6.17. The second-order valence-electron chi connectivity index (χ2n) is 5.06. The average Bonchev–Trinajstić information content (AvgIpc) is 2.69. The number of rotatable bonds is 2. The van der Waals surface area contributed by atoms with Crippen molar-refractivity contribution in [1.29, 1.82) is 0 Å². The molecule has 1 aliphatic rings. The number of likely N-dealkylation sites (tertiary alicyclic amines) is 1. The Bertz CT molecular complexity index is 473. The maximum atomic E-state index is 13.6. The van der Waals surface area contributed by atoms with Crippen LogP contribution in [0.4, 0.5) is 4.39 Å². The van der Waals surface area contributed by atoms with Crippen molar-refractivity contribution < 1.29 is 9.18 Å². The first kappa shape index (κ1) is 13.8. The Balaban J connectivity index is 2.12. The smallest absolute Gasteiger partial charge is 0.249 e. The summed E-state index contributed by atoms with van der Waals surface area (Å²) in [5.74, 6) is -0.254. The molecule has 0 N–H and O–H groups in total. The molecule has 0 unspecified atom stereocenters. The summed E-state index contributed by atoms with van der Waals surface area (Å²) in [6.45, 7) is 3.40. The van der Waals surface area contributed by atoms with Gasteiger partial charge in [0.1, 0.15) is 5.82 Å². The number of halogens is 1. The Morgan fingerprint density at radius 2 is 1.79 bits per heavy atom. The Kier molecular flexibility index (Phi) is 4.72. The van der Waals surface area contributed by atoms with E-state index in [1.165, 1.54) is 18.9 Å². The fourth-order valence-corrected chi connectivity index (χ4v) is 2.41. The van der Waals surface area contributed by atoms with Crippen molar-refractivity contribution in [3.63, 3.8) is 0 Å². The van der Waals surface area contributed by atoms with Gasteiger partial charge in [-0.3, -0.25) is 4.79 Å². The van der Waals surface area contributed by atoms with Crippen LogP contribution >= 0.6 is 0 Å². The lowest BCUT2D eigenvalue weighted by molar-refractivity contribution is -0.126. The van der Waals surface area contributed by atoms with Crippen LogP contribution in [0, 0.1) is 5.82 Å². The molecule has 0 spiro atoms. The molecular weight excluding hydrogens is 241 g/mol. The summed E-state index contributed by atoms with van der Waals surface area (Å²) >= 11 is 0. The predicted molar refractivity (Wildman–Crippen MR) is 75.1 cm³/mol. The molecule has 0 saturated carbocycles. The lowest BCUT2D eigenvalue weighted by atomic mass is 10.1. The van der Waals surface area contributed by atoms with E-state index < -0.39 is 0 Å². The second-order valence-corrected chi connectivity index (χ2v) is 5.06. The van der Waals surface area contributed by atoms with Gasteiger partial charge in [0.25, 0.3) is 0 Å². The average molecular weight is 261 g/mol. The van der Waals surface area contributed by atoms with Crippen LogP contribution in [0.5, 0.6) is 0 Å². The molecule has 2 rings (SSSR count). The van der Waals surface area contributed by atoms with E-state index in [0.29, 0.717) is 11.1 Å². The third kappa shape index (κ3) is 3.66. The molecule has 3 heteroatoms. The van der Waals surface area contributed by atoms with Crippen LogP contribution in [0.2, 0.25) is 0 Å². The molecule has 1 aromatic rings. The zero-order valence-corrected chi connectivity index (χ0v) is 11.4. The highest BCUT2D eigenvalue weighted by molar-refractivity contribution is 5.97. The van der Waals surface area contributed by atoms with Crippen molar-refractivity contribution in [1.82, 2.24) is 4.90 Å². The summed E-state index contributed by atoms with van der Waals surface area (Å²) in [4.78, 5) is 14.2. The third-order valence-corrected chi connectivity index (χ3v) is 3.51. The standard InChI is InChI=1S/C16H20FNO/c1-13(12-14-8-4-5-9-15(14)17)16(19)18-10-6-2-3-7-11-18/h4-5,8-9,12H,2-3,6-7,10-11H2,1H3/b13-12+. The van der Waals surface area contributed by atoms with Gasteiger partial charge < -0.3 is 4.90 Å². The molecule has 102 valence electrons. The zero-order chi connectivity index (χ0) is 13.7. The van der Waals surface area contributed by atoms with Crippen LogP contribution in [-0.4, -0.2) is 23.9 Å². The van der Waals surface area contributed by atoms with E-state index in [1.807, 2.05) is 4.90 Å². The number of hydrogen-bond acceptors (Lipinski definition) is 1. The normalized spacial score (nSPS) is 17.2. The molecule has 0 radical (unpaired) electrons. The van der Waals surface area contributed by atoms with Gasteiger partial charge in [-0.25, -0.2) is 4.39 Å². The Morgan fingerprint density at radius 3 is 2.42 bits per heavy atom. The molecule has 0 aliphatic carbocycles. The van der Waals surface area contributed by atoms with Crippen LogP contribution in [0.3, 0.4) is 0 Å². The minimum atomic E-state index is -0.287. The van der Waals surface area contributed by atoms with Crippen LogP contribution in [-0.2, 0) is 4.79 Å². The first-order chi connectivity index (χ1) is 9.18. The molecule has 19 heavy (non-hydrogen) atoms. The van der Waals surface area contributed by atoms with E-state index >= 15 is 0 Å². The van der Waals surface area contributed by atoms with E-state index in [0.717, 1.165) is 25.9 Å². The fourth-order valence-electron chi connectivity index (χ4n) is 2.41. The summed E-state index contributed by atoms with van der Waals surface area (Å²) in [7, 11) is 0. The number of benzene rings is 1. The van der Waals surface area contributed by atoms with Crippen LogP contribution in [0.1, 0.15) is 38.2 Å². The van der Waals surface area contributed by atoms with E-state index in [4.69, 9.17) is 0 Å². The maximum absolute atomic E-state index is 13.6. The Morgan fingerprint density at radius 1 is 1.16 bits per heavy atom. The van der Waals surface area contributed by atoms with Gasteiger partial charge in [-0.2, -0.15) is 0 Å². The highest BCUT2D eigenvalue weighted by Gasteiger charge is 2.16. The molecule has 0 bridgehead atoms. The molecule has 0 aromatic heterocycles. The number of carbonyl (C=O) groups excluding carboxylic acids is 1. The summed E-state index contributed by atoms with van der Waals surface area (Å²) in [5, 5.41) is 0. The van der Waals surface area contributed by atoms with Gasteiger partial charge in [-0.15, -0.1) is 0 Å². The number of carbonyl (C=O) groups is 1. The monoisotopic (exact) mass is 261 g/mol. The van der Waals surface area contributed by atoms with Crippen molar-refractivity contribution in [2.45, 2.75) is 32.6 Å². The van der Waals surface area contributed by atoms with E-state index in [2.05, 4.69) is 0 Å². The van der Waals surface area contributed by atoms with Crippen molar-refractivity contribution in [3.05, 3.63) is 41.2 Å². The minimum Gasteiger partial charge on any atom is -0.339 e. The lowest BCUT2D eigenvalue weighted by Gasteiger charge is -2.20. The first-order valence-electron chi connectivity index (χ1n) is 6.90. The zero-order valence-electron chi connectivity index (χ0n) is 11.4. The van der Waals surface area contributed by atoms with Crippen molar-refractivity contribution in [2.24, 2.45) is 0 Å². The largest absolute Gasteiger partial charge is 0.339 e. The quantitative estimate of drug-likeness (QED) is 0.744. The van der Waals surface area contributed by atoms with Gasteiger partial charge in [0, 0.05) is 24.2 Å². The number of hydrogen-bond donors (Lipinski definition) is 0. The number of nitrogens with zero attached hydrogens (tertiary/aromatic N) is 1. The van der Waals surface area contributed by atoms with Crippen LogP contribution in [0.15, 0.2) is 29.8 Å². The van der Waals surface area contributed by atoms with Gasteiger partial charge in [0.05, 0.1) is 0 Å². The molecule has 1 heterocycles. The molecule has 1 fully saturated rings. The highest BCUT2D eigenvalue weighted by Crippen LogP contribution is 2.16. The molecule has 1 amide bonds. The highest BCUT2D eigenvalue weighted by atomic mass is 19.1. The summed E-state index contributed by atoms with van der Waals surface area (Å²) in [5.41, 5.74) is 1.08. The molecule has 2 nitrogen and oxygen atoms in total. The van der Waals surface area contributed by atoms with Crippen LogP contribution < -0.4 is 0 Å². The van der Waals surface area contributed by atoms with Gasteiger partial charge >= 0.3 is 0 Å². The molecule has 1 saturated heterocycles.